The summed E-state index contributed by atoms with van der Waals surface area (Å²) in [6.07, 6.45) is 4.76. The molecule has 5 rings (SSSR count). The molecule has 0 saturated heterocycles. The monoisotopic (exact) mass is 498 g/mol. The van der Waals surface area contributed by atoms with Crippen molar-refractivity contribution in [2.75, 3.05) is 11.9 Å². The molecule has 0 unspecified atom stereocenters. The molecule has 11 nitrogen and oxygen atoms in total. The number of carbonyl (C=O) groups excluding carboxylic acids is 3. The quantitative estimate of drug-likeness (QED) is 0.265. The summed E-state index contributed by atoms with van der Waals surface area (Å²) >= 11 is 0. The minimum absolute atomic E-state index is 0.0594. The number of para-hydroxylation sites is 1. The smallest absolute Gasteiger partial charge is 0.357 e. The predicted molar refractivity (Wildman–Crippen MR) is 133 cm³/mol. The third-order valence-corrected chi connectivity index (χ3v) is 5.45. The van der Waals surface area contributed by atoms with Crippen LogP contribution in [-0.2, 0) is 14.3 Å². The van der Waals surface area contributed by atoms with Crippen molar-refractivity contribution >= 4 is 35.2 Å². The summed E-state index contributed by atoms with van der Waals surface area (Å²) in [6, 6.07) is 19.2. The van der Waals surface area contributed by atoms with Gasteiger partial charge in [0.15, 0.2) is 18.1 Å². The van der Waals surface area contributed by atoms with Crippen molar-refractivity contribution in [3.05, 3.63) is 84.3 Å². The van der Waals surface area contributed by atoms with Gasteiger partial charge < -0.3 is 19.8 Å². The number of esters is 1. The number of hydrogen-bond donors (Lipinski definition) is 2. The lowest BCUT2D eigenvalue weighted by molar-refractivity contribution is -0.141. The SMILES string of the molecule is O=C(COC(=O)C(=Cc1ccco1)n1nnnc1-c1ccccc1)Nc1ccccc1C(=O)NC1CC1. The van der Waals surface area contributed by atoms with Gasteiger partial charge in [0.1, 0.15) is 5.76 Å². The average Bonchev–Trinajstić information content (AvgIpc) is 3.36. The van der Waals surface area contributed by atoms with Gasteiger partial charge in [-0.25, -0.2) is 4.79 Å². The van der Waals surface area contributed by atoms with Crippen molar-refractivity contribution in [1.29, 1.82) is 0 Å². The zero-order valence-electron chi connectivity index (χ0n) is 19.5. The molecule has 186 valence electrons. The zero-order chi connectivity index (χ0) is 25.6. The van der Waals surface area contributed by atoms with Gasteiger partial charge in [0, 0.05) is 17.7 Å². The van der Waals surface area contributed by atoms with E-state index in [-0.39, 0.29) is 17.6 Å². The number of nitrogens with one attached hydrogen (secondary N) is 2. The first-order valence-corrected chi connectivity index (χ1v) is 11.5. The topological polar surface area (TPSA) is 141 Å². The molecule has 1 saturated carbocycles. The average molecular weight is 498 g/mol. The van der Waals surface area contributed by atoms with E-state index < -0.39 is 18.5 Å². The molecule has 0 aliphatic heterocycles. The number of tetrazole rings is 1. The highest BCUT2D eigenvalue weighted by atomic mass is 16.5. The second-order valence-electron chi connectivity index (χ2n) is 8.24. The first-order chi connectivity index (χ1) is 18.1. The Morgan fingerprint density at radius 3 is 2.57 bits per heavy atom. The number of furan rings is 1. The van der Waals surface area contributed by atoms with E-state index >= 15 is 0 Å². The largest absolute Gasteiger partial charge is 0.465 e. The molecule has 0 radical (unpaired) electrons. The maximum absolute atomic E-state index is 13.1. The summed E-state index contributed by atoms with van der Waals surface area (Å²) in [6.45, 7) is -0.601. The summed E-state index contributed by atoms with van der Waals surface area (Å²) in [5.74, 6) is -1.07. The molecular weight excluding hydrogens is 476 g/mol. The van der Waals surface area contributed by atoms with Gasteiger partial charge in [0.25, 0.3) is 11.8 Å². The molecule has 1 fully saturated rings. The van der Waals surface area contributed by atoms with Crippen LogP contribution in [0.15, 0.2) is 77.4 Å². The fourth-order valence-electron chi connectivity index (χ4n) is 3.50. The summed E-state index contributed by atoms with van der Waals surface area (Å²) in [7, 11) is 0. The van der Waals surface area contributed by atoms with Crippen molar-refractivity contribution in [2.24, 2.45) is 0 Å². The van der Waals surface area contributed by atoms with Crippen molar-refractivity contribution in [3.63, 3.8) is 0 Å². The van der Waals surface area contributed by atoms with Crippen LogP contribution >= 0.6 is 0 Å². The summed E-state index contributed by atoms with van der Waals surface area (Å²) in [4.78, 5) is 38.3. The van der Waals surface area contributed by atoms with Crippen molar-refractivity contribution < 1.29 is 23.5 Å². The predicted octanol–water partition coefficient (Wildman–Crippen LogP) is 3.01. The lowest BCUT2D eigenvalue weighted by atomic mass is 10.1. The number of ether oxygens (including phenoxy) is 1. The molecule has 1 aliphatic carbocycles. The van der Waals surface area contributed by atoms with Crippen molar-refractivity contribution in [2.45, 2.75) is 18.9 Å². The van der Waals surface area contributed by atoms with Crippen LogP contribution in [0.25, 0.3) is 23.2 Å². The molecule has 4 aromatic rings. The Morgan fingerprint density at radius 1 is 1.03 bits per heavy atom. The van der Waals surface area contributed by atoms with Gasteiger partial charge in [-0.2, -0.15) is 4.68 Å². The zero-order valence-corrected chi connectivity index (χ0v) is 19.5. The number of rotatable bonds is 9. The number of aromatic nitrogens is 4. The Morgan fingerprint density at radius 2 is 1.81 bits per heavy atom. The molecule has 0 bridgehead atoms. The van der Waals surface area contributed by atoms with Crippen molar-refractivity contribution in [1.82, 2.24) is 25.5 Å². The Kier molecular flexibility index (Phi) is 6.84. The molecular formula is C26H22N6O5. The van der Waals surface area contributed by atoms with E-state index in [2.05, 4.69) is 26.2 Å². The molecule has 0 spiro atoms. The number of benzene rings is 2. The van der Waals surface area contributed by atoms with Gasteiger partial charge in [0.05, 0.1) is 17.5 Å². The van der Waals surface area contributed by atoms with E-state index in [9.17, 15) is 14.4 Å². The van der Waals surface area contributed by atoms with E-state index in [1.54, 1.807) is 48.5 Å². The van der Waals surface area contributed by atoms with Crippen molar-refractivity contribution in [3.8, 4) is 11.4 Å². The van der Waals surface area contributed by atoms with Gasteiger partial charge >= 0.3 is 5.97 Å². The lowest BCUT2D eigenvalue weighted by Crippen LogP contribution is -2.28. The molecule has 0 atom stereocenters. The third-order valence-electron chi connectivity index (χ3n) is 5.45. The van der Waals surface area contributed by atoms with Gasteiger partial charge in [-0.05, 0) is 47.5 Å². The standard InChI is InChI=1S/C26H22N6O5/c33-23(28-21-11-5-4-10-20(21)25(34)27-18-12-13-18)16-37-26(35)22(15-19-9-6-14-36-19)32-24(29-30-31-32)17-7-2-1-3-8-17/h1-11,14-15,18H,12-13,16H2,(H,27,34)(H,28,33). The Hall–Kier alpha value is -5.06. The minimum Gasteiger partial charge on any atom is -0.465 e. The van der Waals surface area contributed by atoms with Gasteiger partial charge in [0.2, 0.25) is 0 Å². The van der Waals surface area contributed by atoms with E-state index in [0.717, 1.165) is 12.8 Å². The van der Waals surface area contributed by atoms with Crippen LogP contribution in [0.1, 0.15) is 29.0 Å². The highest BCUT2D eigenvalue weighted by Crippen LogP contribution is 2.23. The molecule has 11 heteroatoms. The third kappa shape index (κ3) is 5.78. The van der Waals surface area contributed by atoms with Crippen LogP contribution in [0.2, 0.25) is 0 Å². The fourth-order valence-corrected chi connectivity index (χ4v) is 3.50. The maximum Gasteiger partial charge on any atom is 0.357 e. The van der Waals surface area contributed by atoms with Crippen LogP contribution in [-0.4, -0.2) is 50.6 Å². The first kappa shape index (κ1) is 23.7. The van der Waals surface area contributed by atoms with Gasteiger partial charge in [-0.15, -0.1) is 5.10 Å². The molecule has 1 aliphatic rings. The van der Waals surface area contributed by atoms with E-state index in [1.165, 1.54) is 17.0 Å². The minimum atomic E-state index is -0.851. The van der Waals surface area contributed by atoms with Crippen LogP contribution in [0.3, 0.4) is 0 Å². The maximum atomic E-state index is 13.1. The molecule has 2 aromatic carbocycles. The highest BCUT2D eigenvalue weighted by molar-refractivity contribution is 6.16. The molecule has 37 heavy (non-hydrogen) atoms. The Balaban J connectivity index is 1.32. The number of carbonyl (C=O) groups is 3. The number of hydrogen-bond acceptors (Lipinski definition) is 8. The number of amides is 2. The summed E-state index contributed by atoms with van der Waals surface area (Å²) < 4.78 is 11.9. The van der Waals surface area contributed by atoms with Crippen LogP contribution < -0.4 is 10.6 Å². The fraction of sp³-hybridized carbons (Fsp3) is 0.154. The molecule has 2 amide bonds. The van der Waals surface area contributed by atoms with Crippen LogP contribution in [0.5, 0.6) is 0 Å². The second-order valence-corrected chi connectivity index (χ2v) is 8.24. The lowest BCUT2D eigenvalue weighted by Gasteiger charge is -2.12. The number of anilines is 1. The molecule has 2 heterocycles. The van der Waals surface area contributed by atoms with Crippen LogP contribution in [0, 0.1) is 0 Å². The Bertz CT molecular complexity index is 1440. The number of nitrogens with zero attached hydrogens (tertiary/aromatic N) is 4. The van der Waals surface area contributed by atoms with E-state index in [1.807, 2.05) is 18.2 Å². The highest BCUT2D eigenvalue weighted by Gasteiger charge is 2.25. The summed E-state index contributed by atoms with van der Waals surface area (Å²) in [5.41, 5.74) is 1.26. The molecule has 2 N–H and O–H groups in total. The summed E-state index contributed by atoms with van der Waals surface area (Å²) in [5, 5.41) is 17.2. The second kappa shape index (κ2) is 10.7. The normalized spacial score (nSPS) is 13.1. The Labute approximate surface area is 211 Å². The van der Waals surface area contributed by atoms with E-state index in [0.29, 0.717) is 28.4 Å². The van der Waals surface area contributed by atoms with Gasteiger partial charge in [-0.1, -0.05) is 42.5 Å². The van der Waals surface area contributed by atoms with E-state index in [4.69, 9.17) is 9.15 Å². The molecule has 2 aromatic heterocycles. The first-order valence-electron chi connectivity index (χ1n) is 11.5. The van der Waals surface area contributed by atoms with Gasteiger partial charge in [-0.3, -0.25) is 9.59 Å². The van der Waals surface area contributed by atoms with Crippen LogP contribution in [0.4, 0.5) is 5.69 Å².